The molecule has 9 heteroatoms. The molecule has 0 radical (unpaired) electrons. The lowest BCUT2D eigenvalue weighted by Gasteiger charge is -2.29. The molecular formula is C33H43FO8. The van der Waals surface area contributed by atoms with Gasteiger partial charge in [-0.25, -0.2) is 9.18 Å². The first-order chi connectivity index (χ1) is 20.2. The highest BCUT2D eigenvalue weighted by Crippen LogP contribution is 2.39. The van der Waals surface area contributed by atoms with E-state index in [1.54, 1.807) is 24.3 Å². The molecule has 0 spiro atoms. The summed E-state index contributed by atoms with van der Waals surface area (Å²) >= 11 is 0. The molecule has 2 aromatic carbocycles. The lowest BCUT2D eigenvalue weighted by molar-refractivity contribution is -0.155. The summed E-state index contributed by atoms with van der Waals surface area (Å²) in [7, 11) is 0. The van der Waals surface area contributed by atoms with Crippen molar-refractivity contribution >= 4 is 11.9 Å². The molecule has 0 aliphatic heterocycles. The smallest absolute Gasteiger partial charge is 0.338 e. The second-order valence-corrected chi connectivity index (χ2v) is 10.9. The fourth-order valence-electron chi connectivity index (χ4n) is 5.07. The minimum Gasteiger partial charge on any atom is -0.457 e. The van der Waals surface area contributed by atoms with Gasteiger partial charge in [0, 0.05) is 11.6 Å². The number of unbranched alkanes of at least 4 members (excludes halogenated alkanes) is 2. The van der Waals surface area contributed by atoms with Crippen LogP contribution in [0.2, 0.25) is 0 Å². The van der Waals surface area contributed by atoms with Crippen LogP contribution in [0.25, 0.3) is 11.1 Å². The van der Waals surface area contributed by atoms with Crippen molar-refractivity contribution in [3.05, 3.63) is 59.9 Å². The number of halogens is 1. The zero-order valence-electron chi connectivity index (χ0n) is 24.6. The quantitative estimate of drug-likeness (QED) is 0.102. The van der Waals surface area contributed by atoms with Crippen LogP contribution in [0.3, 0.4) is 0 Å². The second kappa shape index (κ2) is 16.9. The van der Waals surface area contributed by atoms with E-state index in [2.05, 4.69) is 13.5 Å². The molecule has 0 amide bonds. The lowest BCUT2D eigenvalue weighted by Crippen LogP contribution is -2.20. The summed E-state index contributed by atoms with van der Waals surface area (Å²) in [5, 5.41) is 18.2. The fraction of sp³-hybridized carbons (Fsp3) is 0.515. The van der Waals surface area contributed by atoms with Crippen LogP contribution in [0, 0.1) is 17.7 Å². The van der Waals surface area contributed by atoms with Crippen LogP contribution in [0.4, 0.5) is 4.39 Å². The minimum absolute atomic E-state index is 0.123. The molecule has 0 aromatic heterocycles. The number of hydrogen-bond acceptors (Lipinski definition) is 8. The fourth-order valence-corrected chi connectivity index (χ4v) is 5.07. The molecule has 1 aliphatic carbocycles. The molecule has 1 saturated carbocycles. The molecule has 8 nitrogen and oxygen atoms in total. The summed E-state index contributed by atoms with van der Waals surface area (Å²) in [5.74, 6) is -0.980. The zero-order chi connectivity index (χ0) is 30.5. The van der Waals surface area contributed by atoms with Crippen molar-refractivity contribution in [1.82, 2.24) is 0 Å². The van der Waals surface area contributed by atoms with Gasteiger partial charge in [-0.1, -0.05) is 51.3 Å². The van der Waals surface area contributed by atoms with Gasteiger partial charge in [-0.05, 0) is 73.8 Å². The van der Waals surface area contributed by atoms with E-state index in [9.17, 15) is 9.59 Å². The van der Waals surface area contributed by atoms with E-state index in [4.69, 9.17) is 29.2 Å². The predicted molar refractivity (Wildman–Crippen MR) is 156 cm³/mol. The number of benzene rings is 2. The van der Waals surface area contributed by atoms with E-state index in [0.29, 0.717) is 17.0 Å². The molecule has 2 aromatic rings. The third-order valence-corrected chi connectivity index (χ3v) is 7.72. The van der Waals surface area contributed by atoms with Gasteiger partial charge >= 0.3 is 11.9 Å². The number of hydrogen-bond donors (Lipinski definition) is 2. The maximum atomic E-state index is 15.5. The van der Waals surface area contributed by atoms with Crippen molar-refractivity contribution < 1.29 is 43.1 Å². The number of carbonyl (C=O) groups excluding carboxylic acids is 2. The van der Waals surface area contributed by atoms with Gasteiger partial charge in [0.05, 0.1) is 24.7 Å². The molecule has 2 N–H and O–H groups in total. The standard InChI is InChI=1S/C33H43FO8/c1-4-5-6-7-24-8-10-25(11-9-24)26-12-13-30(31(34)16-26)27-14-28(39-20-41-32(37)22(2)18-35)17-29(15-27)40-21-42-33(38)23(3)19-36/h12-17,23-25,35-36H,2,4-11,18-21H2,1,3H3. The predicted octanol–water partition coefficient (Wildman–Crippen LogP) is 6.28. The average molecular weight is 587 g/mol. The van der Waals surface area contributed by atoms with E-state index in [1.807, 2.05) is 6.07 Å². The highest BCUT2D eigenvalue weighted by Gasteiger charge is 2.23. The Hall–Kier alpha value is -3.43. The van der Waals surface area contributed by atoms with Gasteiger partial charge in [-0.15, -0.1) is 0 Å². The molecule has 1 unspecified atom stereocenters. The Labute approximate surface area is 247 Å². The van der Waals surface area contributed by atoms with Gasteiger partial charge in [0.1, 0.15) is 17.3 Å². The second-order valence-electron chi connectivity index (χ2n) is 10.9. The van der Waals surface area contributed by atoms with E-state index in [1.165, 1.54) is 51.5 Å². The zero-order valence-corrected chi connectivity index (χ0v) is 24.6. The Bertz CT molecular complexity index is 1190. The van der Waals surface area contributed by atoms with Crippen LogP contribution in [0.15, 0.2) is 48.6 Å². The summed E-state index contributed by atoms with van der Waals surface area (Å²) < 4.78 is 36.6. The Balaban J connectivity index is 1.74. The number of aliphatic hydroxyl groups is 2. The number of rotatable bonds is 16. The van der Waals surface area contributed by atoms with Crippen molar-refractivity contribution in [3.63, 3.8) is 0 Å². The Morgan fingerprint density at radius 1 is 0.976 bits per heavy atom. The first-order valence-corrected chi connectivity index (χ1v) is 14.7. The molecule has 230 valence electrons. The van der Waals surface area contributed by atoms with E-state index < -0.39 is 38.0 Å². The third kappa shape index (κ3) is 9.84. The summed E-state index contributed by atoms with van der Waals surface area (Å²) in [6.45, 7) is 5.33. The molecule has 1 atom stereocenters. The van der Waals surface area contributed by atoms with Crippen LogP contribution in [-0.2, 0) is 19.1 Å². The number of esters is 2. The van der Waals surface area contributed by atoms with Crippen molar-refractivity contribution in [2.45, 2.75) is 71.1 Å². The van der Waals surface area contributed by atoms with Gasteiger partial charge in [-0.3, -0.25) is 4.79 Å². The van der Waals surface area contributed by atoms with Gasteiger partial charge in [0.2, 0.25) is 13.6 Å². The first-order valence-electron chi connectivity index (χ1n) is 14.7. The number of ether oxygens (including phenoxy) is 4. The Kier molecular flexibility index (Phi) is 13.3. The SMILES string of the molecule is C=C(CO)C(=O)OCOc1cc(OCOC(=O)C(C)CO)cc(-c2ccc(C3CCC(CCCCC)CC3)cc2F)c1. The van der Waals surface area contributed by atoms with E-state index in [-0.39, 0.29) is 29.5 Å². The van der Waals surface area contributed by atoms with Crippen LogP contribution in [0.1, 0.15) is 76.7 Å². The summed E-state index contributed by atoms with van der Waals surface area (Å²) in [5.41, 5.74) is 1.65. The normalized spacial score (nSPS) is 17.3. The molecule has 1 aliphatic rings. The molecule has 0 bridgehead atoms. The van der Waals surface area contributed by atoms with E-state index >= 15 is 4.39 Å². The lowest BCUT2D eigenvalue weighted by atomic mass is 9.77. The summed E-state index contributed by atoms with van der Waals surface area (Å²) in [6, 6.07) is 9.97. The Morgan fingerprint density at radius 3 is 2.24 bits per heavy atom. The van der Waals surface area contributed by atoms with Crippen molar-refractivity contribution in [1.29, 1.82) is 0 Å². The van der Waals surface area contributed by atoms with Gasteiger partial charge in [-0.2, -0.15) is 0 Å². The number of aliphatic hydroxyl groups excluding tert-OH is 2. The molecule has 42 heavy (non-hydrogen) atoms. The maximum absolute atomic E-state index is 15.5. The largest absolute Gasteiger partial charge is 0.457 e. The molecule has 0 heterocycles. The van der Waals surface area contributed by atoms with Gasteiger partial charge in [0.25, 0.3) is 0 Å². The molecule has 1 fully saturated rings. The summed E-state index contributed by atoms with van der Waals surface area (Å²) in [6.07, 6.45) is 9.56. The van der Waals surface area contributed by atoms with Gasteiger partial charge < -0.3 is 29.2 Å². The summed E-state index contributed by atoms with van der Waals surface area (Å²) in [4.78, 5) is 23.7. The third-order valence-electron chi connectivity index (χ3n) is 7.72. The maximum Gasteiger partial charge on any atom is 0.338 e. The number of carbonyl (C=O) groups is 2. The highest BCUT2D eigenvalue weighted by atomic mass is 19.1. The monoisotopic (exact) mass is 586 g/mol. The molecular weight excluding hydrogens is 543 g/mol. The van der Waals surface area contributed by atoms with Crippen LogP contribution < -0.4 is 9.47 Å². The van der Waals surface area contributed by atoms with Crippen LogP contribution in [0.5, 0.6) is 11.5 Å². The van der Waals surface area contributed by atoms with Crippen molar-refractivity contribution in [2.75, 3.05) is 26.8 Å². The molecule has 0 saturated heterocycles. The van der Waals surface area contributed by atoms with E-state index in [0.717, 1.165) is 24.3 Å². The molecule has 3 rings (SSSR count). The van der Waals surface area contributed by atoms with Crippen LogP contribution in [-0.4, -0.2) is 49.0 Å². The van der Waals surface area contributed by atoms with Crippen molar-refractivity contribution in [2.24, 2.45) is 11.8 Å². The highest BCUT2D eigenvalue weighted by molar-refractivity contribution is 5.87. The topological polar surface area (TPSA) is 112 Å². The Morgan fingerprint density at radius 2 is 1.64 bits per heavy atom. The first kappa shape index (κ1) is 33.1. The van der Waals surface area contributed by atoms with Crippen LogP contribution >= 0.6 is 0 Å². The van der Waals surface area contributed by atoms with Gasteiger partial charge in [0.15, 0.2) is 0 Å². The van der Waals surface area contributed by atoms with Crippen molar-refractivity contribution in [3.8, 4) is 22.6 Å². The minimum atomic E-state index is -0.813. The average Bonchev–Trinajstić information content (AvgIpc) is 3.00.